The predicted molar refractivity (Wildman–Crippen MR) is 106 cm³/mol. The molecule has 0 N–H and O–H groups in total. The molecule has 0 saturated carbocycles. The Hall–Kier alpha value is -4.12. The maximum Gasteiger partial charge on any atom is 0.358 e. The van der Waals surface area contributed by atoms with Crippen LogP contribution in [0.15, 0.2) is 76.8 Å². The molecule has 0 amide bonds. The summed E-state index contributed by atoms with van der Waals surface area (Å²) in [4.78, 5) is 20.3. The molecule has 4 rings (SSSR count). The van der Waals surface area contributed by atoms with E-state index in [4.69, 9.17) is 4.28 Å². The smallest absolute Gasteiger partial charge is 0.264 e. The molecule has 0 saturated heterocycles. The highest BCUT2D eigenvalue weighted by Gasteiger charge is 2.28. The number of fused-ring (bicyclic) bond motifs is 3. The van der Waals surface area contributed by atoms with Gasteiger partial charge in [-0.2, -0.15) is 8.42 Å². The Bertz CT molecular complexity index is 1330. The van der Waals surface area contributed by atoms with E-state index in [9.17, 15) is 28.6 Å². The summed E-state index contributed by atoms with van der Waals surface area (Å²) >= 11 is 0. The largest absolute Gasteiger partial charge is 0.358 e. The Kier molecular flexibility index (Phi) is 4.51. The molecule has 10 nitrogen and oxygen atoms in total. The fourth-order valence-corrected chi connectivity index (χ4v) is 3.84. The van der Waals surface area contributed by atoms with Crippen molar-refractivity contribution < 1.29 is 22.5 Å². The molecule has 1 aliphatic rings. The van der Waals surface area contributed by atoms with E-state index in [1.807, 2.05) is 0 Å². The van der Waals surface area contributed by atoms with Crippen LogP contribution in [-0.4, -0.2) is 24.0 Å². The van der Waals surface area contributed by atoms with Crippen molar-refractivity contribution in [2.24, 2.45) is 5.16 Å². The van der Waals surface area contributed by atoms with Gasteiger partial charge in [0.1, 0.15) is 10.6 Å². The van der Waals surface area contributed by atoms with Gasteiger partial charge in [0, 0.05) is 35.4 Å². The second kappa shape index (κ2) is 7.04. The lowest BCUT2D eigenvalue weighted by atomic mass is 10.1. The summed E-state index contributed by atoms with van der Waals surface area (Å²) in [6.07, 6.45) is 0. The molecule has 30 heavy (non-hydrogen) atoms. The van der Waals surface area contributed by atoms with Crippen molar-refractivity contribution in [1.82, 2.24) is 0 Å². The number of rotatable bonds is 5. The first-order chi connectivity index (χ1) is 14.3. The van der Waals surface area contributed by atoms with E-state index in [0.717, 1.165) is 29.8 Å². The van der Waals surface area contributed by atoms with Crippen LogP contribution in [0.5, 0.6) is 0 Å². The first-order valence-corrected chi connectivity index (χ1v) is 9.83. The Balaban J connectivity index is 1.75. The number of nitro groups is 2. The van der Waals surface area contributed by atoms with E-state index < -0.39 is 20.0 Å². The monoisotopic (exact) mass is 425 g/mol. The third-order valence-electron chi connectivity index (χ3n) is 4.50. The molecule has 0 bridgehead atoms. The van der Waals surface area contributed by atoms with Crippen LogP contribution in [0.3, 0.4) is 0 Å². The van der Waals surface area contributed by atoms with Crippen LogP contribution in [0.2, 0.25) is 0 Å². The minimum atomic E-state index is -4.37. The molecule has 0 unspecified atom stereocenters. The molecular weight excluding hydrogens is 414 g/mol. The van der Waals surface area contributed by atoms with Crippen molar-refractivity contribution in [3.63, 3.8) is 0 Å². The number of benzene rings is 3. The zero-order valence-electron chi connectivity index (χ0n) is 15.0. The van der Waals surface area contributed by atoms with E-state index >= 15 is 0 Å². The van der Waals surface area contributed by atoms with Gasteiger partial charge in [0.05, 0.1) is 9.85 Å². The minimum absolute atomic E-state index is 0.134. The molecule has 0 atom stereocenters. The number of hydrogen-bond donors (Lipinski definition) is 0. The Morgan fingerprint density at radius 3 is 1.93 bits per heavy atom. The number of nitro benzene ring substituents is 2. The molecule has 3 aromatic rings. The highest BCUT2D eigenvalue weighted by molar-refractivity contribution is 7.86. The van der Waals surface area contributed by atoms with Gasteiger partial charge < -0.3 is 0 Å². The minimum Gasteiger partial charge on any atom is -0.264 e. The molecule has 11 heteroatoms. The Morgan fingerprint density at radius 1 is 0.733 bits per heavy atom. The molecule has 0 radical (unpaired) electrons. The van der Waals surface area contributed by atoms with Crippen molar-refractivity contribution in [1.29, 1.82) is 0 Å². The van der Waals surface area contributed by atoms with Gasteiger partial charge in [-0.25, -0.2) is 0 Å². The standard InChI is InChI=1S/C19H11N3O7S/c23-21(24)12-5-8-14(9-6-12)30(27,28)29-20-19-17-4-2-1-3-15(17)16-10-7-13(22(25)26)11-18(16)19/h1-11H. The summed E-state index contributed by atoms with van der Waals surface area (Å²) in [6, 6.07) is 15.3. The number of nitrogens with zero attached hydrogens (tertiary/aromatic N) is 3. The molecule has 0 aliphatic heterocycles. The quantitative estimate of drug-likeness (QED) is 0.351. The van der Waals surface area contributed by atoms with Gasteiger partial charge in [0.2, 0.25) is 0 Å². The SMILES string of the molecule is O=[N+]([O-])c1ccc(S(=O)(=O)ON=C2c3ccccc3-c3ccc([N+](=O)[O-])cc32)cc1. The fraction of sp³-hybridized carbons (Fsp3) is 0. The molecule has 0 aromatic heterocycles. The van der Waals surface area contributed by atoms with Crippen LogP contribution >= 0.6 is 0 Å². The van der Waals surface area contributed by atoms with Crippen LogP contribution in [0.4, 0.5) is 11.4 Å². The molecule has 0 spiro atoms. The number of hydrogen-bond acceptors (Lipinski definition) is 8. The average Bonchev–Trinajstić information content (AvgIpc) is 3.05. The number of oxime groups is 1. The summed E-state index contributed by atoms with van der Waals surface area (Å²) in [5.41, 5.74) is 2.01. The second-order valence-electron chi connectivity index (χ2n) is 6.25. The molecule has 1 aliphatic carbocycles. The van der Waals surface area contributed by atoms with E-state index in [1.54, 1.807) is 30.3 Å². The molecule has 0 fully saturated rings. The fourth-order valence-electron chi connectivity index (χ4n) is 3.11. The predicted octanol–water partition coefficient (Wildman–Crippen LogP) is 3.64. The van der Waals surface area contributed by atoms with Gasteiger partial charge in [-0.05, 0) is 29.3 Å². The van der Waals surface area contributed by atoms with Gasteiger partial charge in [-0.1, -0.05) is 29.4 Å². The van der Waals surface area contributed by atoms with Crippen LogP contribution in [0.1, 0.15) is 11.1 Å². The summed E-state index contributed by atoms with van der Waals surface area (Å²) in [7, 11) is -4.37. The van der Waals surface area contributed by atoms with Gasteiger partial charge >= 0.3 is 10.1 Å². The van der Waals surface area contributed by atoms with Gasteiger partial charge in [-0.15, -0.1) is 0 Å². The first kappa shape index (κ1) is 19.2. The molecular formula is C19H11N3O7S. The summed E-state index contributed by atoms with van der Waals surface area (Å²) in [6.45, 7) is 0. The zero-order valence-corrected chi connectivity index (χ0v) is 15.8. The highest BCUT2D eigenvalue weighted by atomic mass is 32.2. The number of non-ortho nitro benzene ring substituents is 2. The second-order valence-corrected chi connectivity index (χ2v) is 7.78. The van der Waals surface area contributed by atoms with Crippen LogP contribution in [0, 0.1) is 20.2 Å². The third-order valence-corrected chi connectivity index (χ3v) is 5.62. The average molecular weight is 425 g/mol. The van der Waals surface area contributed by atoms with Gasteiger partial charge in [0.15, 0.2) is 0 Å². The Labute approximate surface area is 169 Å². The van der Waals surface area contributed by atoms with Gasteiger partial charge in [0.25, 0.3) is 11.4 Å². The lowest BCUT2D eigenvalue weighted by Crippen LogP contribution is -2.07. The molecule has 0 heterocycles. The molecule has 3 aromatic carbocycles. The van der Waals surface area contributed by atoms with Crippen molar-refractivity contribution >= 4 is 27.2 Å². The van der Waals surface area contributed by atoms with E-state index in [2.05, 4.69) is 5.16 Å². The van der Waals surface area contributed by atoms with Crippen molar-refractivity contribution in [3.8, 4) is 11.1 Å². The topological polar surface area (TPSA) is 142 Å². The third kappa shape index (κ3) is 3.26. The maximum absolute atomic E-state index is 12.5. The van der Waals surface area contributed by atoms with E-state index in [-0.39, 0.29) is 22.0 Å². The van der Waals surface area contributed by atoms with Crippen molar-refractivity contribution in [3.05, 3.63) is 98.1 Å². The summed E-state index contributed by atoms with van der Waals surface area (Å²) < 4.78 is 29.8. The van der Waals surface area contributed by atoms with Crippen LogP contribution < -0.4 is 0 Å². The van der Waals surface area contributed by atoms with Crippen molar-refractivity contribution in [2.75, 3.05) is 0 Å². The zero-order chi connectivity index (χ0) is 21.5. The normalized spacial score (nSPS) is 13.5. The van der Waals surface area contributed by atoms with E-state index in [1.165, 1.54) is 12.1 Å². The van der Waals surface area contributed by atoms with Crippen LogP contribution in [0.25, 0.3) is 11.1 Å². The first-order valence-electron chi connectivity index (χ1n) is 8.42. The van der Waals surface area contributed by atoms with E-state index in [0.29, 0.717) is 16.7 Å². The summed E-state index contributed by atoms with van der Waals surface area (Å²) in [5.74, 6) is 0. The lowest BCUT2D eigenvalue weighted by molar-refractivity contribution is -0.385. The van der Waals surface area contributed by atoms with Gasteiger partial charge in [-0.3, -0.25) is 24.5 Å². The van der Waals surface area contributed by atoms with Crippen molar-refractivity contribution in [2.45, 2.75) is 4.90 Å². The highest BCUT2D eigenvalue weighted by Crippen LogP contribution is 2.38. The van der Waals surface area contributed by atoms with Crippen LogP contribution in [-0.2, 0) is 14.4 Å². The Morgan fingerprint density at radius 2 is 1.30 bits per heavy atom. The summed E-state index contributed by atoms with van der Waals surface area (Å²) in [5, 5.41) is 25.7. The maximum atomic E-state index is 12.5. The lowest BCUT2D eigenvalue weighted by Gasteiger charge is -2.04. The molecule has 150 valence electrons.